The number of alkyl halides is 2. The summed E-state index contributed by atoms with van der Waals surface area (Å²) in [5, 5.41) is 9.03. The molecule has 0 fully saturated rings. The second-order valence-corrected chi connectivity index (χ2v) is 2.94. The number of carbonyl (C=O) groups is 1. The summed E-state index contributed by atoms with van der Waals surface area (Å²) < 4.78 is 26.5. The van der Waals surface area contributed by atoms with Crippen molar-refractivity contribution in [3.63, 3.8) is 0 Å². The molecular weight excluding hydrogens is 208 g/mol. The maximum atomic E-state index is 12.6. The number of carbonyl (C=O) groups excluding carboxylic acids is 1. The van der Waals surface area contributed by atoms with Gasteiger partial charge in [-0.1, -0.05) is 5.21 Å². The quantitative estimate of drug-likeness (QED) is 0.664. The monoisotopic (exact) mass is 219 g/mol. The molecule has 15 heavy (non-hydrogen) atoms. The number of hydrogen-bond donors (Lipinski definition) is 2. The first-order chi connectivity index (χ1) is 7.03. The molecular formula is C7H11F2N5O. The number of nitrogens with zero attached hydrogens (tertiary/aromatic N) is 3. The summed E-state index contributed by atoms with van der Waals surface area (Å²) in [5.74, 6) is -3.63. The molecule has 0 radical (unpaired) electrons. The fourth-order valence-electron chi connectivity index (χ4n) is 0.820. The molecule has 0 aliphatic rings. The Kier molecular flexibility index (Phi) is 3.67. The van der Waals surface area contributed by atoms with Crippen LogP contribution in [0.4, 0.5) is 8.78 Å². The van der Waals surface area contributed by atoms with E-state index in [2.05, 4.69) is 15.6 Å². The number of rotatable bonds is 5. The lowest BCUT2D eigenvalue weighted by Crippen LogP contribution is -2.42. The zero-order chi connectivity index (χ0) is 11.3. The third kappa shape index (κ3) is 3.98. The van der Waals surface area contributed by atoms with Crippen LogP contribution in [0.25, 0.3) is 0 Å². The van der Waals surface area contributed by atoms with Crippen molar-refractivity contribution >= 4 is 5.91 Å². The van der Waals surface area contributed by atoms with Gasteiger partial charge in [0.2, 0.25) is 5.91 Å². The number of nitrogens with two attached hydrogens (primary N) is 1. The maximum absolute atomic E-state index is 12.6. The summed E-state index contributed by atoms with van der Waals surface area (Å²) in [6.45, 7) is -1.70. The first-order valence-electron chi connectivity index (χ1n) is 4.22. The zero-order valence-electron chi connectivity index (χ0n) is 7.86. The Labute approximate surface area is 84.4 Å². The van der Waals surface area contributed by atoms with E-state index in [9.17, 15) is 13.6 Å². The van der Waals surface area contributed by atoms with Crippen molar-refractivity contribution in [2.45, 2.75) is 12.5 Å². The van der Waals surface area contributed by atoms with Crippen LogP contribution in [0, 0.1) is 0 Å². The van der Waals surface area contributed by atoms with Crippen LogP contribution < -0.4 is 11.1 Å². The molecule has 6 nitrogen and oxygen atoms in total. The summed E-state index contributed by atoms with van der Waals surface area (Å²) in [6.07, 6.45) is 2.85. The second kappa shape index (κ2) is 4.78. The highest BCUT2D eigenvalue weighted by Gasteiger charge is 2.27. The normalized spacial score (nSPS) is 11.4. The predicted molar refractivity (Wildman–Crippen MR) is 47.0 cm³/mol. The van der Waals surface area contributed by atoms with E-state index in [1.807, 2.05) is 0 Å². The van der Waals surface area contributed by atoms with Crippen molar-refractivity contribution in [1.29, 1.82) is 0 Å². The summed E-state index contributed by atoms with van der Waals surface area (Å²) in [6, 6.07) is 0. The first kappa shape index (κ1) is 11.5. The minimum Gasteiger partial charge on any atom is -0.348 e. The molecule has 0 saturated heterocycles. The van der Waals surface area contributed by atoms with Crippen LogP contribution in [-0.4, -0.2) is 39.9 Å². The Balaban J connectivity index is 2.31. The minimum absolute atomic E-state index is 0.138. The van der Waals surface area contributed by atoms with Crippen molar-refractivity contribution in [2.75, 3.05) is 13.1 Å². The van der Waals surface area contributed by atoms with E-state index >= 15 is 0 Å². The summed E-state index contributed by atoms with van der Waals surface area (Å²) >= 11 is 0. The Hall–Kier alpha value is -1.57. The van der Waals surface area contributed by atoms with Crippen molar-refractivity contribution in [1.82, 2.24) is 20.3 Å². The highest BCUT2D eigenvalue weighted by Crippen LogP contribution is 2.08. The number of hydrogen-bond acceptors (Lipinski definition) is 4. The first-order valence-corrected chi connectivity index (χ1v) is 4.22. The average molecular weight is 219 g/mol. The SMILES string of the molecule is NCC(F)(F)CNC(=O)Cn1ccnn1. The van der Waals surface area contributed by atoms with Gasteiger partial charge in [-0.05, 0) is 0 Å². The molecule has 0 unspecified atom stereocenters. The average Bonchev–Trinajstić information content (AvgIpc) is 2.68. The van der Waals surface area contributed by atoms with E-state index in [4.69, 9.17) is 5.73 Å². The molecule has 0 aliphatic carbocycles. The van der Waals surface area contributed by atoms with E-state index in [-0.39, 0.29) is 6.54 Å². The highest BCUT2D eigenvalue weighted by molar-refractivity contribution is 5.75. The standard InChI is InChI=1S/C7H11F2N5O/c8-7(9,4-10)5-11-6(15)3-14-2-1-12-13-14/h1-2H,3-5,10H2,(H,11,15). The van der Waals surface area contributed by atoms with Crippen molar-refractivity contribution in [3.05, 3.63) is 12.4 Å². The smallest absolute Gasteiger partial charge is 0.277 e. The molecule has 8 heteroatoms. The Morgan fingerprint density at radius 1 is 1.60 bits per heavy atom. The van der Waals surface area contributed by atoms with Crippen LogP contribution in [-0.2, 0) is 11.3 Å². The molecule has 1 aromatic heterocycles. The second-order valence-electron chi connectivity index (χ2n) is 2.94. The molecule has 84 valence electrons. The van der Waals surface area contributed by atoms with E-state index < -0.39 is 24.9 Å². The van der Waals surface area contributed by atoms with Gasteiger partial charge in [0.05, 0.1) is 19.3 Å². The van der Waals surface area contributed by atoms with Crippen molar-refractivity contribution in [3.8, 4) is 0 Å². The van der Waals surface area contributed by atoms with Gasteiger partial charge in [0.15, 0.2) is 0 Å². The third-order valence-corrected chi connectivity index (χ3v) is 1.62. The summed E-state index contributed by atoms with van der Waals surface area (Å²) in [5.41, 5.74) is 4.80. The number of amides is 1. The molecule has 0 bridgehead atoms. The molecule has 1 amide bonds. The van der Waals surface area contributed by atoms with Gasteiger partial charge in [-0.3, -0.25) is 4.79 Å². The van der Waals surface area contributed by atoms with Gasteiger partial charge in [0.1, 0.15) is 6.54 Å². The highest BCUT2D eigenvalue weighted by atomic mass is 19.3. The summed E-state index contributed by atoms with van der Waals surface area (Å²) in [7, 11) is 0. The molecule has 1 aromatic rings. The Bertz CT molecular complexity index is 313. The Morgan fingerprint density at radius 3 is 2.87 bits per heavy atom. The predicted octanol–water partition coefficient (Wildman–Crippen LogP) is -1.01. The molecule has 3 N–H and O–H groups in total. The largest absolute Gasteiger partial charge is 0.348 e. The molecule has 0 saturated carbocycles. The van der Waals surface area contributed by atoms with Crippen molar-refractivity contribution < 1.29 is 13.6 Å². The van der Waals surface area contributed by atoms with Crippen LogP contribution in [0.2, 0.25) is 0 Å². The lowest BCUT2D eigenvalue weighted by Gasteiger charge is -2.14. The molecule has 1 rings (SSSR count). The van der Waals surface area contributed by atoms with Crippen LogP contribution in [0.15, 0.2) is 12.4 Å². The molecule has 0 atom stereocenters. The third-order valence-electron chi connectivity index (χ3n) is 1.62. The van der Waals surface area contributed by atoms with Gasteiger partial charge in [0.25, 0.3) is 5.92 Å². The number of aromatic nitrogens is 3. The fraction of sp³-hybridized carbons (Fsp3) is 0.571. The fourth-order valence-corrected chi connectivity index (χ4v) is 0.820. The zero-order valence-corrected chi connectivity index (χ0v) is 7.86. The van der Waals surface area contributed by atoms with Gasteiger partial charge in [0, 0.05) is 6.20 Å². The topological polar surface area (TPSA) is 85.8 Å². The number of nitrogens with one attached hydrogen (secondary N) is 1. The lowest BCUT2D eigenvalue weighted by molar-refractivity contribution is -0.123. The summed E-state index contributed by atoms with van der Waals surface area (Å²) in [4.78, 5) is 11.1. The Morgan fingerprint density at radius 2 is 2.33 bits per heavy atom. The van der Waals surface area contributed by atoms with E-state index in [1.54, 1.807) is 0 Å². The van der Waals surface area contributed by atoms with Crippen LogP contribution >= 0.6 is 0 Å². The van der Waals surface area contributed by atoms with Gasteiger partial charge in [-0.15, -0.1) is 5.10 Å². The van der Waals surface area contributed by atoms with E-state index in [1.165, 1.54) is 17.1 Å². The van der Waals surface area contributed by atoms with E-state index in [0.29, 0.717) is 0 Å². The molecule has 0 aliphatic heterocycles. The molecule has 1 heterocycles. The maximum Gasteiger partial charge on any atom is 0.277 e. The van der Waals surface area contributed by atoms with Gasteiger partial charge < -0.3 is 11.1 Å². The molecule has 0 aromatic carbocycles. The van der Waals surface area contributed by atoms with Crippen LogP contribution in [0.3, 0.4) is 0 Å². The van der Waals surface area contributed by atoms with Gasteiger partial charge in [-0.25, -0.2) is 13.5 Å². The van der Waals surface area contributed by atoms with Crippen molar-refractivity contribution in [2.24, 2.45) is 5.73 Å². The van der Waals surface area contributed by atoms with Crippen LogP contribution in [0.5, 0.6) is 0 Å². The van der Waals surface area contributed by atoms with Crippen LogP contribution in [0.1, 0.15) is 0 Å². The van der Waals surface area contributed by atoms with Gasteiger partial charge >= 0.3 is 0 Å². The lowest BCUT2D eigenvalue weighted by atomic mass is 10.3. The van der Waals surface area contributed by atoms with Gasteiger partial charge in [-0.2, -0.15) is 0 Å². The number of halogens is 2. The minimum atomic E-state index is -3.07. The van der Waals surface area contributed by atoms with E-state index in [0.717, 1.165) is 0 Å². The molecule has 0 spiro atoms.